The van der Waals surface area contributed by atoms with Crippen LogP contribution in [-0.2, 0) is 16.6 Å². The average Bonchev–Trinajstić information content (AvgIpc) is 3.66. The van der Waals surface area contributed by atoms with Gasteiger partial charge in [0.05, 0.1) is 52.4 Å². The summed E-state index contributed by atoms with van der Waals surface area (Å²) in [5, 5.41) is 13.5. The summed E-state index contributed by atoms with van der Waals surface area (Å²) in [6.45, 7) is 3.44. The number of likely N-dealkylation sites (tertiary alicyclic amines) is 1. The van der Waals surface area contributed by atoms with E-state index in [1.807, 2.05) is 41.7 Å². The Morgan fingerprint density at radius 3 is 2.50 bits per heavy atom. The number of β-amino-alcohol motifs (C(OH)–C–C–N with tert-alkyl or cyclic N) is 1. The van der Waals surface area contributed by atoms with Gasteiger partial charge in [-0.15, -0.1) is 0 Å². The summed E-state index contributed by atoms with van der Waals surface area (Å²) in [5.41, 5.74) is 5.83. The fourth-order valence-electron chi connectivity index (χ4n) is 6.73. The predicted octanol–water partition coefficient (Wildman–Crippen LogP) is 5.50. The molecule has 7 aromatic rings. The standard InChI is InChI=1S/C37H33FN6O5S/c1-20-8-10-21(11-9-20)36-34(37(46)39-2)25-14-24(30(16-32(25)49-36)42(3)50(4,47)48)27-12-13-28-35(41-27)31-15-23-26(38)6-5-7-29(23)44(31)33(40-28)19-43-17-22(45)18-43/h5-16,22,45H,17-19H2,1-4H3,(H,39,46). The van der Waals surface area contributed by atoms with E-state index in [2.05, 4.69) is 10.2 Å². The quantitative estimate of drug-likeness (QED) is 0.224. The third-order valence-corrected chi connectivity index (χ3v) is 10.6. The topological polar surface area (TPSA) is 133 Å². The zero-order valence-corrected chi connectivity index (χ0v) is 28.5. The highest BCUT2D eigenvalue weighted by molar-refractivity contribution is 7.92. The van der Waals surface area contributed by atoms with Crippen molar-refractivity contribution >= 4 is 60.0 Å². The molecular formula is C37H33FN6O5S. The summed E-state index contributed by atoms with van der Waals surface area (Å²) in [6.07, 6.45) is 0.718. The highest BCUT2D eigenvalue weighted by Crippen LogP contribution is 2.41. The van der Waals surface area contributed by atoms with E-state index in [0.717, 1.165) is 16.1 Å². The Kier molecular flexibility index (Phi) is 7.40. The Morgan fingerprint density at radius 2 is 1.80 bits per heavy atom. The number of hydrogen-bond donors (Lipinski definition) is 2. The van der Waals surface area contributed by atoms with Crippen LogP contribution in [0.5, 0.6) is 0 Å². The molecule has 13 heteroatoms. The van der Waals surface area contributed by atoms with E-state index in [1.165, 1.54) is 13.1 Å². The van der Waals surface area contributed by atoms with E-state index >= 15 is 4.39 Å². The first-order valence-corrected chi connectivity index (χ1v) is 17.9. The minimum Gasteiger partial charge on any atom is -0.455 e. The van der Waals surface area contributed by atoms with Crippen LogP contribution in [0.2, 0.25) is 0 Å². The molecule has 1 saturated heterocycles. The number of anilines is 1. The minimum atomic E-state index is -3.75. The number of rotatable bonds is 7. The van der Waals surface area contributed by atoms with Crippen LogP contribution in [0.25, 0.3) is 61.0 Å². The Bertz CT molecular complexity index is 2630. The second-order valence-corrected chi connectivity index (χ2v) is 14.8. The molecule has 1 amide bonds. The van der Waals surface area contributed by atoms with E-state index < -0.39 is 16.1 Å². The number of aromatic nitrogens is 3. The van der Waals surface area contributed by atoms with E-state index in [-0.39, 0.29) is 11.7 Å². The maximum Gasteiger partial charge on any atom is 0.255 e. The van der Waals surface area contributed by atoms with Gasteiger partial charge in [0.1, 0.15) is 28.5 Å². The molecule has 0 spiro atoms. The lowest BCUT2D eigenvalue weighted by Gasteiger charge is -2.35. The Hall–Kier alpha value is -5.37. The first-order valence-electron chi connectivity index (χ1n) is 16.0. The van der Waals surface area contributed by atoms with Crippen LogP contribution in [0.3, 0.4) is 0 Å². The molecule has 254 valence electrons. The molecule has 0 saturated carbocycles. The van der Waals surface area contributed by atoms with Crippen molar-refractivity contribution in [1.82, 2.24) is 24.6 Å². The molecule has 3 aromatic carbocycles. The molecule has 0 atom stereocenters. The lowest BCUT2D eigenvalue weighted by Crippen LogP contribution is -2.50. The smallest absolute Gasteiger partial charge is 0.255 e. The summed E-state index contributed by atoms with van der Waals surface area (Å²) in [7, 11) is -0.759. The molecule has 0 unspecified atom stereocenters. The van der Waals surface area contributed by atoms with Crippen LogP contribution in [0.15, 0.2) is 77.2 Å². The second-order valence-electron chi connectivity index (χ2n) is 12.8. The predicted molar refractivity (Wildman–Crippen MR) is 191 cm³/mol. The number of sulfonamides is 1. The number of amides is 1. The highest BCUT2D eigenvalue weighted by Gasteiger charge is 2.28. The number of carbonyl (C=O) groups excluding carboxylic acids is 1. The number of benzene rings is 3. The van der Waals surface area contributed by atoms with Crippen molar-refractivity contribution < 1.29 is 27.1 Å². The Labute approximate surface area is 286 Å². The number of carbonyl (C=O) groups is 1. The van der Waals surface area contributed by atoms with Crippen molar-refractivity contribution in [3.63, 3.8) is 0 Å². The molecule has 2 N–H and O–H groups in total. The number of aryl methyl sites for hydroxylation is 1. The second kappa shape index (κ2) is 11.6. The van der Waals surface area contributed by atoms with Gasteiger partial charge >= 0.3 is 0 Å². The normalized spacial score (nSPS) is 14.2. The zero-order chi connectivity index (χ0) is 35.1. The monoisotopic (exact) mass is 692 g/mol. The number of aliphatic hydroxyl groups excluding tert-OH is 1. The number of pyridine rings is 1. The number of fused-ring (bicyclic) bond motifs is 6. The van der Waals surface area contributed by atoms with Crippen LogP contribution in [-0.4, -0.2) is 78.2 Å². The maximum atomic E-state index is 15.2. The molecule has 1 fully saturated rings. The van der Waals surface area contributed by atoms with Gasteiger partial charge in [0.25, 0.3) is 5.91 Å². The van der Waals surface area contributed by atoms with Crippen molar-refractivity contribution in [2.24, 2.45) is 0 Å². The number of halogens is 1. The third kappa shape index (κ3) is 5.16. The van der Waals surface area contributed by atoms with Gasteiger partial charge < -0.3 is 14.8 Å². The largest absolute Gasteiger partial charge is 0.455 e. The van der Waals surface area contributed by atoms with Gasteiger partial charge in [0, 0.05) is 55.2 Å². The summed E-state index contributed by atoms with van der Waals surface area (Å²) >= 11 is 0. The van der Waals surface area contributed by atoms with Gasteiger partial charge in [-0.25, -0.2) is 22.8 Å². The molecule has 1 aliphatic rings. The fraction of sp³-hybridized carbons (Fsp3) is 0.216. The zero-order valence-electron chi connectivity index (χ0n) is 27.7. The number of hydrogen-bond acceptors (Lipinski definition) is 8. The van der Waals surface area contributed by atoms with Crippen LogP contribution >= 0.6 is 0 Å². The van der Waals surface area contributed by atoms with Gasteiger partial charge in [0.15, 0.2) is 0 Å². The van der Waals surface area contributed by atoms with Crippen molar-refractivity contribution in [2.75, 3.05) is 37.7 Å². The molecule has 0 bridgehead atoms. The summed E-state index contributed by atoms with van der Waals surface area (Å²) < 4.78 is 50.5. The third-order valence-electron chi connectivity index (χ3n) is 9.41. The van der Waals surface area contributed by atoms with Crippen LogP contribution in [0, 0.1) is 12.7 Å². The molecule has 11 nitrogen and oxygen atoms in total. The van der Waals surface area contributed by atoms with E-state index in [0.29, 0.717) is 97.7 Å². The van der Waals surface area contributed by atoms with E-state index in [1.54, 1.807) is 43.4 Å². The summed E-state index contributed by atoms with van der Waals surface area (Å²) in [6, 6.07) is 21.1. The fourth-order valence-corrected chi connectivity index (χ4v) is 7.24. The maximum absolute atomic E-state index is 15.2. The number of nitrogens with one attached hydrogen (secondary N) is 1. The van der Waals surface area contributed by atoms with Crippen molar-refractivity contribution in [1.29, 1.82) is 0 Å². The summed E-state index contributed by atoms with van der Waals surface area (Å²) in [4.78, 5) is 25.5. The van der Waals surface area contributed by atoms with Gasteiger partial charge in [-0.2, -0.15) is 0 Å². The van der Waals surface area contributed by atoms with Crippen LogP contribution in [0.1, 0.15) is 21.7 Å². The first kappa shape index (κ1) is 31.9. The van der Waals surface area contributed by atoms with Crippen molar-refractivity contribution in [2.45, 2.75) is 19.6 Å². The minimum absolute atomic E-state index is 0.294. The molecule has 8 rings (SSSR count). The van der Waals surface area contributed by atoms with Crippen molar-refractivity contribution in [3.8, 4) is 22.6 Å². The first-order chi connectivity index (χ1) is 23.9. The average molecular weight is 693 g/mol. The number of aliphatic hydroxyl groups is 1. The van der Waals surface area contributed by atoms with Gasteiger partial charge in [-0.05, 0) is 43.3 Å². The van der Waals surface area contributed by atoms with Crippen molar-refractivity contribution in [3.05, 3.63) is 95.6 Å². The molecule has 50 heavy (non-hydrogen) atoms. The molecule has 0 radical (unpaired) electrons. The van der Waals surface area contributed by atoms with Crippen LogP contribution in [0.4, 0.5) is 10.1 Å². The number of nitrogens with zero attached hydrogens (tertiary/aromatic N) is 5. The lowest BCUT2D eigenvalue weighted by atomic mass is 10.00. The van der Waals surface area contributed by atoms with Gasteiger partial charge in [-0.3, -0.25) is 18.4 Å². The van der Waals surface area contributed by atoms with E-state index in [4.69, 9.17) is 14.4 Å². The van der Waals surface area contributed by atoms with E-state index in [9.17, 15) is 18.3 Å². The molecule has 1 aliphatic heterocycles. The number of furan rings is 1. The molecule has 4 aromatic heterocycles. The van der Waals surface area contributed by atoms with Gasteiger partial charge in [0.2, 0.25) is 10.0 Å². The Balaban J connectivity index is 1.40. The highest BCUT2D eigenvalue weighted by atomic mass is 32.2. The lowest BCUT2D eigenvalue weighted by molar-refractivity contribution is -0.00436. The SMILES string of the molecule is CNC(=O)c1c(-c2ccc(C)cc2)oc2cc(N(C)S(C)(=O)=O)c(-c3ccc4nc(CN5CC(O)C5)n5c6cccc(F)c6cc5c4n3)cc12. The molecule has 0 aliphatic carbocycles. The van der Waals surface area contributed by atoms with Crippen LogP contribution < -0.4 is 9.62 Å². The molecular weight excluding hydrogens is 660 g/mol. The summed E-state index contributed by atoms with van der Waals surface area (Å²) in [5.74, 6) is 0.280. The molecule has 5 heterocycles. The Morgan fingerprint density at radius 1 is 1.04 bits per heavy atom. The van der Waals surface area contributed by atoms with Gasteiger partial charge in [-0.1, -0.05) is 35.9 Å².